The molecule has 2 aromatic heterocycles. The third-order valence-corrected chi connectivity index (χ3v) is 4.50. The molecular weight excluding hydrogens is 322 g/mol. The highest BCUT2D eigenvalue weighted by molar-refractivity contribution is 5.93. The summed E-state index contributed by atoms with van der Waals surface area (Å²) >= 11 is 0. The average Bonchev–Trinajstić information content (AvgIpc) is 3.30. The van der Waals surface area contributed by atoms with Gasteiger partial charge in [0, 0.05) is 6.07 Å². The van der Waals surface area contributed by atoms with Gasteiger partial charge in [-0.15, -0.1) is 5.10 Å². The highest BCUT2D eigenvalue weighted by atomic mass is 16.3. The molecule has 8 heteroatoms. The maximum Gasteiger partial charge on any atom is 0.287 e. The standard InChI is InChI=1S/C17H17N5O3/c23-13-9-15(25-14-8-4-3-7-12(13)14)17(24)18-10-16-19-20-21-22(16)11-5-1-2-6-11/h3-4,7-9,11H,1-2,5-6,10H2,(H,18,24). The van der Waals surface area contributed by atoms with E-state index >= 15 is 0 Å². The van der Waals surface area contributed by atoms with Crippen molar-refractivity contribution in [3.8, 4) is 0 Å². The summed E-state index contributed by atoms with van der Waals surface area (Å²) in [6.07, 6.45) is 4.42. The van der Waals surface area contributed by atoms with Crippen LogP contribution in [0.2, 0.25) is 0 Å². The molecule has 4 rings (SSSR count). The Bertz CT molecular complexity index is 972. The molecule has 1 aromatic carbocycles. The summed E-state index contributed by atoms with van der Waals surface area (Å²) < 4.78 is 7.32. The lowest BCUT2D eigenvalue weighted by Gasteiger charge is -2.11. The second-order valence-corrected chi connectivity index (χ2v) is 6.13. The molecule has 1 saturated carbocycles. The minimum absolute atomic E-state index is 0.0245. The number of hydrogen-bond donors (Lipinski definition) is 1. The van der Waals surface area contributed by atoms with Gasteiger partial charge in [-0.05, 0) is 35.4 Å². The molecule has 128 valence electrons. The average molecular weight is 339 g/mol. The number of hydrogen-bond acceptors (Lipinski definition) is 6. The van der Waals surface area contributed by atoms with Gasteiger partial charge in [-0.1, -0.05) is 25.0 Å². The Balaban J connectivity index is 1.51. The van der Waals surface area contributed by atoms with Crippen molar-refractivity contribution in [2.24, 2.45) is 0 Å². The van der Waals surface area contributed by atoms with Crippen LogP contribution in [0.25, 0.3) is 11.0 Å². The second kappa shape index (κ2) is 6.46. The fourth-order valence-electron chi connectivity index (χ4n) is 3.22. The number of nitrogens with one attached hydrogen (secondary N) is 1. The van der Waals surface area contributed by atoms with Gasteiger partial charge in [-0.2, -0.15) is 0 Å². The number of benzene rings is 1. The zero-order valence-corrected chi connectivity index (χ0v) is 13.5. The fourth-order valence-corrected chi connectivity index (χ4v) is 3.22. The van der Waals surface area contributed by atoms with Crippen LogP contribution >= 0.6 is 0 Å². The molecule has 0 radical (unpaired) electrons. The number of tetrazole rings is 1. The number of amides is 1. The number of rotatable bonds is 4. The van der Waals surface area contributed by atoms with Crippen LogP contribution in [-0.2, 0) is 6.54 Å². The largest absolute Gasteiger partial charge is 0.451 e. The Morgan fingerprint density at radius 1 is 1.28 bits per heavy atom. The lowest BCUT2D eigenvalue weighted by molar-refractivity contribution is 0.0922. The summed E-state index contributed by atoms with van der Waals surface area (Å²) in [6.45, 7) is 0.179. The Morgan fingerprint density at radius 3 is 2.92 bits per heavy atom. The maximum atomic E-state index is 12.3. The van der Waals surface area contributed by atoms with Gasteiger partial charge in [-0.25, -0.2) is 4.68 Å². The lowest BCUT2D eigenvalue weighted by atomic mass is 10.2. The number of carbonyl (C=O) groups is 1. The minimum atomic E-state index is -0.469. The molecule has 25 heavy (non-hydrogen) atoms. The van der Waals surface area contributed by atoms with Crippen molar-refractivity contribution in [2.45, 2.75) is 38.3 Å². The number of carbonyl (C=O) groups excluding carboxylic acids is 1. The Kier molecular flexibility index (Phi) is 4.01. The first-order valence-electron chi connectivity index (χ1n) is 8.30. The molecule has 1 N–H and O–H groups in total. The van der Waals surface area contributed by atoms with E-state index in [9.17, 15) is 9.59 Å². The first-order chi connectivity index (χ1) is 12.2. The van der Waals surface area contributed by atoms with Crippen molar-refractivity contribution < 1.29 is 9.21 Å². The van der Waals surface area contributed by atoms with Crippen LogP contribution in [-0.4, -0.2) is 26.1 Å². The van der Waals surface area contributed by atoms with Crippen molar-refractivity contribution >= 4 is 16.9 Å². The molecule has 1 aliphatic carbocycles. The van der Waals surface area contributed by atoms with Crippen molar-refractivity contribution in [3.05, 3.63) is 52.1 Å². The van der Waals surface area contributed by atoms with Gasteiger partial charge < -0.3 is 9.73 Å². The van der Waals surface area contributed by atoms with Gasteiger partial charge in [-0.3, -0.25) is 9.59 Å². The van der Waals surface area contributed by atoms with Crippen molar-refractivity contribution in [2.75, 3.05) is 0 Å². The summed E-state index contributed by atoms with van der Waals surface area (Å²) in [6, 6.07) is 8.33. The van der Waals surface area contributed by atoms with Gasteiger partial charge in [0.25, 0.3) is 5.91 Å². The summed E-state index contributed by atoms with van der Waals surface area (Å²) in [5.41, 5.74) is 0.138. The summed E-state index contributed by atoms with van der Waals surface area (Å²) in [4.78, 5) is 24.4. The zero-order valence-electron chi connectivity index (χ0n) is 13.5. The van der Waals surface area contributed by atoms with Crippen LogP contribution in [0.4, 0.5) is 0 Å². The van der Waals surface area contributed by atoms with Crippen molar-refractivity contribution in [3.63, 3.8) is 0 Å². The molecule has 0 unspecified atom stereocenters. The SMILES string of the molecule is O=C(NCc1nnnn1C1CCCC1)c1cc(=O)c2ccccc2o1. The highest BCUT2D eigenvalue weighted by Gasteiger charge is 2.22. The molecular formula is C17H17N5O3. The van der Waals surface area contributed by atoms with E-state index < -0.39 is 5.91 Å². The van der Waals surface area contributed by atoms with E-state index in [1.165, 1.54) is 18.9 Å². The molecule has 0 saturated heterocycles. The van der Waals surface area contributed by atoms with Crippen LogP contribution in [0.15, 0.2) is 39.5 Å². The molecule has 0 spiro atoms. The molecule has 0 atom stereocenters. The van der Waals surface area contributed by atoms with E-state index in [1.807, 2.05) is 0 Å². The van der Waals surface area contributed by atoms with Crippen LogP contribution in [0.1, 0.15) is 48.1 Å². The van der Waals surface area contributed by atoms with Gasteiger partial charge in [0.2, 0.25) is 0 Å². The van der Waals surface area contributed by atoms with E-state index in [4.69, 9.17) is 4.42 Å². The molecule has 2 heterocycles. The predicted molar refractivity (Wildman–Crippen MR) is 89.0 cm³/mol. The molecule has 8 nitrogen and oxygen atoms in total. The lowest BCUT2D eigenvalue weighted by Crippen LogP contribution is -2.26. The number of nitrogens with zero attached hydrogens (tertiary/aromatic N) is 4. The molecule has 0 aliphatic heterocycles. The topological polar surface area (TPSA) is 103 Å². The Morgan fingerprint density at radius 2 is 2.08 bits per heavy atom. The minimum Gasteiger partial charge on any atom is -0.451 e. The molecule has 3 aromatic rings. The quantitative estimate of drug-likeness (QED) is 0.778. The van der Waals surface area contributed by atoms with E-state index in [-0.39, 0.29) is 17.7 Å². The van der Waals surface area contributed by atoms with E-state index in [0.717, 1.165) is 12.8 Å². The third kappa shape index (κ3) is 3.02. The predicted octanol–water partition coefficient (Wildman–Crippen LogP) is 1.82. The Hall–Kier alpha value is -3.03. The maximum absolute atomic E-state index is 12.3. The van der Waals surface area contributed by atoms with Crippen molar-refractivity contribution in [1.29, 1.82) is 0 Å². The van der Waals surface area contributed by atoms with Gasteiger partial charge in [0.15, 0.2) is 17.0 Å². The molecule has 1 fully saturated rings. The molecule has 1 aliphatic rings. The second-order valence-electron chi connectivity index (χ2n) is 6.13. The summed E-state index contributed by atoms with van der Waals surface area (Å²) in [7, 11) is 0. The van der Waals surface area contributed by atoms with E-state index in [1.54, 1.807) is 28.9 Å². The first-order valence-corrected chi connectivity index (χ1v) is 8.30. The molecule has 0 bridgehead atoms. The van der Waals surface area contributed by atoms with Crippen LogP contribution < -0.4 is 10.7 Å². The van der Waals surface area contributed by atoms with E-state index in [2.05, 4.69) is 20.8 Å². The molecule has 1 amide bonds. The monoisotopic (exact) mass is 339 g/mol. The first kappa shape index (κ1) is 15.5. The van der Waals surface area contributed by atoms with Crippen LogP contribution in [0.5, 0.6) is 0 Å². The van der Waals surface area contributed by atoms with Crippen LogP contribution in [0, 0.1) is 0 Å². The van der Waals surface area contributed by atoms with Crippen molar-refractivity contribution in [1.82, 2.24) is 25.5 Å². The normalized spacial score (nSPS) is 14.9. The van der Waals surface area contributed by atoms with Gasteiger partial charge >= 0.3 is 0 Å². The number of para-hydroxylation sites is 1. The van der Waals surface area contributed by atoms with Gasteiger partial charge in [0.05, 0.1) is 18.0 Å². The number of fused-ring (bicyclic) bond motifs is 1. The third-order valence-electron chi connectivity index (χ3n) is 4.50. The fraction of sp³-hybridized carbons (Fsp3) is 0.353. The van der Waals surface area contributed by atoms with Crippen LogP contribution in [0.3, 0.4) is 0 Å². The summed E-state index contributed by atoms with van der Waals surface area (Å²) in [5.74, 6) is 0.107. The smallest absolute Gasteiger partial charge is 0.287 e. The number of aromatic nitrogens is 4. The summed E-state index contributed by atoms with van der Waals surface area (Å²) in [5, 5.41) is 14.9. The Labute approximate surface area is 142 Å². The zero-order chi connectivity index (χ0) is 17.2. The van der Waals surface area contributed by atoms with Gasteiger partial charge in [0.1, 0.15) is 5.58 Å². The van der Waals surface area contributed by atoms with E-state index in [0.29, 0.717) is 22.8 Å². The highest BCUT2D eigenvalue weighted by Crippen LogP contribution is 2.29.